The van der Waals surface area contributed by atoms with E-state index in [0.29, 0.717) is 18.7 Å². The average Bonchev–Trinajstić information content (AvgIpc) is 2.83. The number of ether oxygens (including phenoxy) is 1. The molecule has 37 heavy (non-hydrogen) atoms. The van der Waals surface area contributed by atoms with Crippen molar-refractivity contribution in [3.05, 3.63) is 57.0 Å². The Bertz CT molecular complexity index is 1210. The van der Waals surface area contributed by atoms with E-state index in [1.54, 1.807) is 38.3 Å². The fourth-order valence-electron chi connectivity index (χ4n) is 3.57. The average molecular weight is 593 g/mol. The number of rotatable bonds is 12. The van der Waals surface area contributed by atoms with E-state index < -0.39 is 28.5 Å². The van der Waals surface area contributed by atoms with Crippen molar-refractivity contribution < 1.29 is 22.7 Å². The van der Waals surface area contributed by atoms with Gasteiger partial charge in [-0.05, 0) is 42.2 Å². The highest BCUT2D eigenvalue weighted by Crippen LogP contribution is 2.35. The Morgan fingerprint density at radius 3 is 2.14 bits per heavy atom. The number of carbonyl (C=O) groups excluding carboxylic acids is 2. The first-order valence-electron chi connectivity index (χ1n) is 11.6. The number of halogens is 3. The summed E-state index contributed by atoms with van der Waals surface area (Å²) in [7, 11) is -2.43. The van der Waals surface area contributed by atoms with Crippen LogP contribution in [0.1, 0.15) is 32.8 Å². The molecule has 1 unspecified atom stereocenters. The first-order valence-corrected chi connectivity index (χ1v) is 14.6. The van der Waals surface area contributed by atoms with E-state index in [1.807, 2.05) is 13.8 Å². The monoisotopic (exact) mass is 591 g/mol. The molecular formula is C25H32Cl3N3O5S. The predicted octanol–water partition coefficient (Wildman–Crippen LogP) is 5.00. The number of hydrogen-bond donors (Lipinski definition) is 1. The van der Waals surface area contributed by atoms with Gasteiger partial charge in [0.2, 0.25) is 21.8 Å². The van der Waals surface area contributed by atoms with Crippen molar-refractivity contribution in [2.24, 2.45) is 5.92 Å². The van der Waals surface area contributed by atoms with Gasteiger partial charge in [0, 0.05) is 13.1 Å². The molecule has 0 fully saturated rings. The molecule has 0 spiro atoms. The molecule has 0 aliphatic rings. The number of methoxy groups -OCH3 is 1. The van der Waals surface area contributed by atoms with Crippen molar-refractivity contribution in [3.63, 3.8) is 0 Å². The molecular weight excluding hydrogens is 561 g/mol. The minimum Gasteiger partial charge on any atom is -0.497 e. The first kappa shape index (κ1) is 31.0. The molecule has 0 aliphatic heterocycles. The minimum absolute atomic E-state index is 0.00798. The topological polar surface area (TPSA) is 96.0 Å². The van der Waals surface area contributed by atoms with E-state index in [-0.39, 0.29) is 39.1 Å². The molecule has 2 amide bonds. The Labute approximate surface area is 233 Å². The predicted molar refractivity (Wildman–Crippen MR) is 149 cm³/mol. The molecule has 2 aromatic rings. The van der Waals surface area contributed by atoms with Crippen LogP contribution in [0.5, 0.6) is 5.75 Å². The van der Waals surface area contributed by atoms with Gasteiger partial charge in [-0.2, -0.15) is 0 Å². The van der Waals surface area contributed by atoms with Gasteiger partial charge in [-0.25, -0.2) is 8.42 Å². The summed E-state index contributed by atoms with van der Waals surface area (Å²) in [5, 5.41) is 3.11. The van der Waals surface area contributed by atoms with E-state index in [1.165, 1.54) is 17.0 Å². The standard InChI is InChI=1S/C25H32Cl3N3O5S/c1-6-22(25(33)29-13-16(2)3)30(14-17-7-9-18(36-4)10-8-17)24(32)15-31(37(5,34)35)23-12-20(27)19(26)11-21(23)28/h7-12,16,22H,6,13-15H2,1-5H3,(H,29,33). The number of anilines is 1. The molecule has 8 nitrogen and oxygen atoms in total. The lowest BCUT2D eigenvalue weighted by atomic mass is 10.1. The lowest BCUT2D eigenvalue weighted by Crippen LogP contribution is -2.52. The molecule has 204 valence electrons. The van der Waals surface area contributed by atoms with Crippen molar-refractivity contribution in [2.75, 3.05) is 30.8 Å². The second kappa shape index (κ2) is 13.6. The number of sulfonamides is 1. The smallest absolute Gasteiger partial charge is 0.244 e. The number of nitrogens with one attached hydrogen (secondary N) is 1. The van der Waals surface area contributed by atoms with Crippen LogP contribution in [-0.2, 0) is 26.2 Å². The van der Waals surface area contributed by atoms with Gasteiger partial charge in [0.15, 0.2) is 0 Å². The summed E-state index contributed by atoms with van der Waals surface area (Å²) >= 11 is 18.4. The van der Waals surface area contributed by atoms with Gasteiger partial charge in [0.05, 0.1) is 34.1 Å². The molecule has 0 aromatic heterocycles. The van der Waals surface area contributed by atoms with Crippen LogP contribution < -0.4 is 14.4 Å². The summed E-state index contributed by atoms with van der Waals surface area (Å²) in [5.74, 6) is -0.0583. The molecule has 1 N–H and O–H groups in total. The molecule has 1 atom stereocenters. The van der Waals surface area contributed by atoms with Crippen LogP contribution >= 0.6 is 34.8 Å². The van der Waals surface area contributed by atoms with E-state index >= 15 is 0 Å². The van der Waals surface area contributed by atoms with Crippen LogP contribution in [0.4, 0.5) is 5.69 Å². The van der Waals surface area contributed by atoms with Crippen LogP contribution in [0.25, 0.3) is 0 Å². The summed E-state index contributed by atoms with van der Waals surface area (Å²) < 4.78 is 31.6. The van der Waals surface area contributed by atoms with Gasteiger partial charge >= 0.3 is 0 Å². The number of benzene rings is 2. The van der Waals surface area contributed by atoms with E-state index in [9.17, 15) is 18.0 Å². The van der Waals surface area contributed by atoms with E-state index in [4.69, 9.17) is 39.5 Å². The number of carbonyl (C=O) groups is 2. The van der Waals surface area contributed by atoms with Gasteiger partial charge in [0.25, 0.3) is 0 Å². The fourth-order valence-corrected chi connectivity index (χ4v) is 5.11. The molecule has 0 saturated carbocycles. The summed E-state index contributed by atoms with van der Waals surface area (Å²) in [6.07, 6.45) is 1.28. The largest absolute Gasteiger partial charge is 0.497 e. The van der Waals surface area contributed by atoms with Crippen LogP contribution in [0.2, 0.25) is 15.1 Å². The minimum atomic E-state index is -3.97. The third-order valence-electron chi connectivity index (χ3n) is 5.52. The zero-order chi connectivity index (χ0) is 27.9. The number of amides is 2. The summed E-state index contributed by atoms with van der Waals surface area (Å²) in [6.45, 7) is 5.63. The zero-order valence-electron chi connectivity index (χ0n) is 21.4. The van der Waals surface area contributed by atoms with Crippen molar-refractivity contribution in [2.45, 2.75) is 39.8 Å². The van der Waals surface area contributed by atoms with Gasteiger partial charge < -0.3 is 15.0 Å². The Morgan fingerprint density at radius 1 is 1.03 bits per heavy atom. The van der Waals surface area contributed by atoms with E-state index in [0.717, 1.165) is 16.1 Å². The summed E-state index contributed by atoms with van der Waals surface area (Å²) in [6, 6.07) is 8.82. The Balaban J connectivity index is 2.48. The second-order valence-electron chi connectivity index (χ2n) is 8.92. The lowest BCUT2D eigenvalue weighted by molar-refractivity contribution is -0.140. The summed E-state index contributed by atoms with van der Waals surface area (Å²) in [4.78, 5) is 28.2. The molecule has 12 heteroatoms. The normalized spacial score (nSPS) is 12.2. The van der Waals surface area contributed by atoms with Crippen molar-refractivity contribution in [1.82, 2.24) is 10.2 Å². The fraction of sp³-hybridized carbons (Fsp3) is 0.440. The first-order chi connectivity index (χ1) is 17.3. The Morgan fingerprint density at radius 2 is 1.62 bits per heavy atom. The van der Waals surface area contributed by atoms with Crippen LogP contribution in [0.15, 0.2) is 36.4 Å². The van der Waals surface area contributed by atoms with Gasteiger partial charge in [-0.1, -0.05) is 67.7 Å². The van der Waals surface area contributed by atoms with Crippen molar-refractivity contribution in [1.29, 1.82) is 0 Å². The van der Waals surface area contributed by atoms with Crippen LogP contribution in [0, 0.1) is 5.92 Å². The van der Waals surface area contributed by atoms with E-state index in [2.05, 4.69) is 5.32 Å². The maximum Gasteiger partial charge on any atom is 0.244 e. The SMILES string of the molecule is CCC(C(=O)NCC(C)C)N(Cc1ccc(OC)cc1)C(=O)CN(c1cc(Cl)c(Cl)cc1Cl)S(C)(=O)=O. The van der Waals surface area contributed by atoms with Crippen molar-refractivity contribution in [3.8, 4) is 5.75 Å². The molecule has 2 rings (SSSR count). The maximum absolute atomic E-state index is 13.7. The molecule has 0 saturated heterocycles. The number of nitrogens with zero attached hydrogens (tertiary/aromatic N) is 2. The third kappa shape index (κ3) is 8.67. The molecule has 0 radical (unpaired) electrons. The van der Waals surface area contributed by atoms with Gasteiger partial charge in [0.1, 0.15) is 18.3 Å². The highest BCUT2D eigenvalue weighted by Gasteiger charge is 2.32. The highest BCUT2D eigenvalue weighted by atomic mass is 35.5. The summed E-state index contributed by atoms with van der Waals surface area (Å²) in [5.41, 5.74) is 0.747. The van der Waals surface area contributed by atoms with Crippen molar-refractivity contribution >= 4 is 62.3 Å². The molecule has 0 bridgehead atoms. The van der Waals surface area contributed by atoms with Gasteiger partial charge in [-0.15, -0.1) is 0 Å². The molecule has 0 heterocycles. The molecule has 2 aromatic carbocycles. The second-order valence-corrected chi connectivity index (χ2v) is 12.0. The quantitative estimate of drug-likeness (QED) is 0.350. The van der Waals surface area contributed by atoms with Crippen LogP contribution in [-0.4, -0.2) is 57.6 Å². The van der Waals surface area contributed by atoms with Crippen LogP contribution in [0.3, 0.4) is 0 Å². The highest BCUT2D eigenvalue weighted by molar-refractivity contribution is 7.92. The van der Waals surface area contributed by atoms with Gasteiger partial charge in [-0.3, -0.25) is 13.9 Å². The zero-order valence-corrected chi connectivity index (χ0v) is 24.5. The lowest BCUT2D eigenvalue weighted by Gasteiger charge is -2.33. The number of hydrogen-bond acceptors (Lipinski definition) is 5. The maximum atomic E-state index is 13.7. The third-order valence-corrected chi connectivity index (χ3v) is 7.67. The molecule has 0 aliphatic carbocycles. The Hall–Kier alpha value is -2.20. The Kier molecular flexibility index (Phi) is 11.4.